The Morgan fingerprint density at radius 1 is 0.900 bits per heavy atom. The molecule has 0 saturated carbocycles. The summed E-state index contributed by atoms with van der Waals surface area (Å²) in [5.41, 5.74) is 1.91. The second-order valence-corrected chi connectivity index (χ2v) is 9.33. The van der Waals surface area contributed by atoms with Gasteiger partial charge in [0.1, 0.15) is 11.5 Å². The summed E-state index contributed by atoms with van der Waals surface area (Å²) in [6.45, 7) is 1.83. The Labute approximate surface area is 232 Å². The molecule has 1 aromatic heterocycles. The van der Waals surface area contributed by atoms with Crippen LogP contribution in [0.15, 0.2) is 42.5 Å². The quantitative estimate of drug-likeness (QED) is 0.278. The van der Waals surface area contributed by atoms with E-state index in [2.05, 4.69) is 30.9 Å². The van der Waals surface area contributed by atoms with Crippen molar-refractivity contribution in [2.45, 2.75) is 51.5 Å². The van der Waals surface area contributed by atoms with Crippen molar-refractivity contribution in [2.24, 2.45) is 0 Å². The van der Waals surface area contributed by atoms with Crippen LogP contribution in [-0.4, -0.2) is 56.8 Å². The van der Waals surface area contributed by atoms with Gasteiger partial charge in [0.25, 0.3) is 5.91 Å². The summed E-state index contributed by atoms with van der Waals surface area (Å²) in [6, 6.07) is 12.3. The molecule has 6 bridgehead atoms. The van der Waals surface area contributed by atoms with Gasteiger partial charge in [-0.05, 0) is 68.4 Å². The third-order valence-corrected chi connectivity index (χ3v) is 6.15. The Balaban J connectivity index is 1.50. The van der Waals surface area contributed by atoms with Crippen molar-refractivity contribution in [3.8, 4) is 17.5 Å². The number of ether oxygens (including phenoxy) is 2. The van der Waals surface area contributed by atoms with Crippen LogP contribution >= 0.6 is 0 Å². The van der Waals surface area contributed by atoms with Crippen molar-refractivity contribution in [2.75, 3.05) is 30.4 Å². The average molecular weight is 551 g/mol. The van der Waals surface area contributed by atoms with Gasteiger partial charge in [-0.25, -0.2) is 0 Å². The summed E-state index contributed by atoms with van der Waals surface area (Å²) < 4.78 is 11.9. The van der Waals surface area contributed by atoms with Gasteiger partial charge >= 0.3 is 12.0 Å². The fourth-order valence-corrected chi connectivity index (χ4v) is 4.05. The highest BCUT2D eigenvalue weighted by Gasteiger charge is 2.15. The molecule has 2 aliphatic heterocycles. The Morgan fingerprint density at radius 2 is 1.65 bits per heavy atom. The molecule has 2 aliphatic rings. The smallest absolute Gasteiger partial charge is 0.320 e. The van der Waals surface area contributed by atoms with Crippen LogP contribution in [0.1, 0.15) is 60.9 Å². The van der Waals surface area contributed by atoms with Gasteiger partial charge in [0, 0.05) is 31.3 Å². The highest BCUT2D eigenvalue weighted by molar-refractivity contribution is 5.97. The molecule has 3 aromatic rings. The maximum absolute atomic E-state index is 12.9. The lowest BCUT2D eigenvalue weighted by atomic mass is 10.1. The highest BCUT2D eigenvalue weighted by atomic mass is 16.5. The monoisotopic (exact) mass is 550 g/mol. The number of carbonyl (C=O) groups is 2. The van der Waals surface area contributed by atoms with Gasteiger partial charge in [-0.15, -0.1) is 0 Å². The number of unbranched alkanes of at least 4 members (excludes halogenated alkanes) is 1. The van der Waals surface area contributed by atoms with Crippen LogP contribution in [0.2, 0.25) is 0 Å². The molecule has 0 spiro atoms. The zero-order valence-corrected chi connectivity index (χ0v) is 22.2. The molecule has 0 atom stereocenters. The number of nitrogens with zero attached hydrogens (tertiary/aromatic N) is 3. The van der Waals surface area contributed by atoms with E-state index in [-0.39, 0.29) is 24.2 Å². The topological polar surface area (TPSA) is 168 Å². The molecule has 5 rings (SSSR count). The van der Waals surface area contributed by atoms with Gasteiger partial charge < -0.3 is 35.6 Å². The van der Waals surface area contributed by atoms with E-state index in [0.717, 1.165) is 37.0 Å². The van der Waals surface area contributed by atoms with Crippen molar-refractivity contribution in [1.82, 2.24) is 20.3 Å². The molecule has 0 saturated heterocycles. The van der Waals surface area contributed by atoms with Gasteiger partial charge in [-0.1, -0.05) is 12.1 Å². The number of rotatable bonds is 6. The van der Waals surface area contributed by atoms with E-state index in [0.29, 0.717) is 56.1 Å². The first-order chi connectivity index (χ1) is 19.5. The van der Waals surface area contributed by atoms with Gasteiger partial charge in [0.05, 0.1) is 18.8 Å². The molecule has 40 heavy (non-hydrogen) atoms. The Bertz CT molecular complexity index is 1290. The second-order valence-electron chi connectivity index (χ2n) is 9.33. The largest absolute Gasteiger partial charge is 0.494 e. The van der Waals surface area contributed by atoms with Crippen LogP contribution in [0.4, 0.5) is 17.6 Å². The minimum atomic E-state index is -0.857. The van der Waals surface area contributed by atoms with Gasteiger partial charge in [0.15, 0.2) is 0 Å². The Morgan fingerprint density at radius 3 is 2.42 bits per heavy atom. The molecule has 2 aromatic carbocycles. The number of aromatic hydroxyl groups is 1. The number of benzene rings is 2. The number of hydrogen-bond acceptors (Lipinski definition) is 10. The number of aliphatic carboxylic acids is 1. The van der Waals surface area contributed by atoms with Crippen molar-refractivity contribution in [1.29, 1.82) is 0 Å². The number of carbonyl (C=O) groups excluding carboxylic acids is 1. The summed E-state index contributed by atoms with van der Waals surface area (Å²) in [6.07, 6.45) is 4.76. The first kappa shape index (κ1) is 28.4. The number of anilines is 3. The van der Waals surface area contributed by atoms with Crippen molar-refractivity contribution < 1.29 is 29.3 Å². The molecule has 0 unspecified atom stereocenters. The molecule has 3 heterocycles. The molecule has 0 fully saturated rings. The molecular formula is C28H34N6O6. The lowest BCUT2D eigenvalue weighted by Gasteiger charge is -2.14. The van der Waals surface area contributed by atoms with Crippen LogP contribution in [0, 0.1) is 0 Å². The van der Waals surface area contributed by atoms with E-state index in [4.69, 9.17) is 14.6 Å². The lowest BCUT2D eigenvalue weighted by Crippen LogP contribution is -2.25. The minimum Gasteiger partial charge on any atom is -0.494 e. The van der Waals surface area contributed by atoms with Gasteiger partial charge in [-0.2, -0.15) is 15.0 Å². The van der Waals surface area contributed by atoms with E-state index >= 15 is 0 Å². The molecule has 0 radical (unpaired) electrons. The van der Waals surface area contributed by atoms with Crippen molar-refractivity contribution in [3.05, 3.63) is 53.6 Å². The average Bonchev–Trinajstić information content (AvgIpc) is 2.93. The molecule has 1 amide bonds. The number of carboxylic acids is 1. The highest BCUT2D eigenvalue weighted by Crippen LogP contribution is 2.26. The third-order valence-electron chi connectivity index (χ3n) is 6.15. The maximum Gasteiger partial charge on any atom is 0.320 e. The minimum absolute atomic E-state index is 0.0627. The van der Waals surface area contributed by atoms with Crippen LogP contribution in [0.5, 0.6) is 17.5 Å². The molecular weight excluding hydrogens is 516 g/mol. The normalized spacial score (nSPS) is 13.9. The van der Waals surface area contributed by atoms with E-state index in [1.165, 1.54) is 0 Å². The number of nitrogens with one attached hydrogen (secondary N) is 3. The maximum atomic E-state index is 12.9. The van der Waals surface area contributed by atoms with Crippen LogP contribution in [0.3, 0.4) is 0 Å². The van der Waals surface area contributed by atoms with Crippen molar-refractivity contribution >= 4 is 29.5 Å². The fraction of sp³-hybridized carbons (Fsp3) is 0.393. The number of carboxylic acid groups (broad SMARTS) is 1. The summed E-state index contributed by atoms with van der Waals surface area (Å²) in [4.78, 5) is 35.8. The zero-order valence-electron chi connectivity index (χ0n) is 22.2. The standard InChI is InChI=1S/C28H34N6O6/c35-24(36)7-3-4-14-29-25(37)22-13-10-20-17-23(22)40-16-6-2-1-5-15-39-21-11-8-19(9-12-21)18-30-26-32-27(31-20)34-28(38)33-26/h8-13,17H,1-7,14-16,18H2,(H,29,37)(H,35,36)(H3,30,31,32,33,34,38). The number of aromatic nitrogens is 3. The van der Waals surface area contributed by atoms with Gasteiger partial charge in [-0.3, -0.25) is 9.59 Å². The zero-order chi connectivity index (χ0) is 28.2. The first-order valence-electron chi connectivity index (χ1n) is 13.4. The summed E-state index contributed by atoms with van der Waals surface area (Å²) in [7, 11) is 0. The summed E-state index contributed by atoms with van der Waals surface area (Å²) >= 11 is 0. The Hall–Kier alpha value is -4.61. The predicted octanol–water partition coefficient (Wildman–Crippen LogP) is 4.25. The molecule has 12 nitrogen and oxygen atoms in total. The Kier molecular flexibility index (Phi) is 10.3. The predicted molar refractivity (Wildman–Crippen MR) is 148 cm³/mol. The van der Waals surface area contributed by atoms with Gasteiger partial charge in [0.2, 0.25) is 11.9 Å². The van der Waals surface area contributed by atoms with Crippen molar-refractivity contribution in [3.63, 3.8) is 0 Å². The number of hydrogen-bond donors (Lipinski definition) is 5. The second kappa shape index (κ2) is 14.5. The van der Waals surface area contributed by atoms with Crippen LogP contribution in [-0.2, 0) is 11.3 Å². The molecule has 0 aliphatic carbocycles. The number of amides is 1. The molecule has 5 N–H and O–H groups in total. The fourth-order valence-electron chi connectivity index (χ4n) is 4.05. The number of fused-ring (bicyclic) bond motifs is 10. The van der Waals surface area contributed by atoms with E-state index < -0.39 is 12.0 Å². The van der Waals surface area contributed by atoms with E-state index in [1.807, 2.05) is 24.3 Å². The SMILES string of the molecule is O=C(O)CCCCNC(=O)c1ccc2cc1OCCCCCCOc1ccc(cc1)CNc1nc(O)nc(n1)N2. The molecule has 212 valence electrons. The molecule has 12 heteroatoms. The van der Waals surface area contributed by atoms with Crippen LogP contribution in [0.25, 0.3) is 0 Å². The van der Waals surface area contributed by atoms with E-state index in [1.54, 1.807) is 18.2 Å². The summed E-state index contributed by atoms with van der Waals surface area (Å²) in [5.74, 6) is 0.331. The van der Waals surface area contributed by atoms with Crippen LogP contribution < -0.4 is 25.4 Å². The third kappa shape index (κ3) is 9.00. The summed E-state index contributed by atoms with van der Waals surface area (Å²) in [5, 5.41) is 27.8. The van der Waals surface area contributed by atoms with E-state index in [9.17, 15) is 14.7 Å². The first-order valence-corrected chi connectivity index (χ1v) is 13.4. The lowest BCUT2D eigenvalue weighted by molar-refractivity contribution is -0.137.